The van der Waals surface area contributed by atoms with Crippen LogP contribution in [-0.2, 0) is 0 Å². The summed E-state index contributed by atoms with van der Waals surface area (Å²) in [7, 11) is 4.18. The summed E-state index contributed by atoms with van der Waals surface area (Å²) >= 11 is 0. The lowest BCUT2D eigenvalue weighted by Gasteiger charge is -2.31. The number of hydrogen-bond donors (Lipinski definition) is 1. The summed E-state index contributed by atoms with van der Waals surface area (Å²) in [5.41, 5.74) is -0.258. The lowest BCUT2D eigenvalue weighted by Crippen LogP contribution is -2.42. The molecule has 0 saturated heterocycles. The van der Waals surface area contributed by atoms with Gasteiger partial charge in [-0.15, -0.1) is 0 Å². The van der Waals surface area contributed by atoms with Gasteiger partial charge in [0.15, 0.2) is 0 Å². The van der Waals surface area contributed by atoms with E-state index in [0.29, 0.717) is 6.04 Å². The molecule has 0 heterocycles. The normalized spacial score (nSPS) is 33.8. The van der Waals surface area contributed by atoms with Gasteiger partial charge in [0.25, 0.3) is 0 Å². The first-order chi connectivity index (χ1) is 8.69. The molecule has 0 aromatic heterocycles. The molecule has 2 fully saturated rings. The monoisotopic (exact) mass is 249 g/mol. The van der Waals surface area contributed by atoms with E-state index in [1.54, 1.807) is 0 Å². The molecule has 1 N–H and O–H groups in total. The summed E-state index contributed by atoms with van der Waals surface area (Å²) < 4.78 is 0. The van der Waals surface area contributed by atoms with Crippen LogP contribution in [-0.4, -0.2) is 37.1 Å². The summed E-state index contributed by atoms with van der Waals surface area (Å²) in [4.78, 5) is 2.52. The number of hydrogen-bond acceptors (Lipinski definition) is 3. The molecule has 2 atom stereocenters. The van der Waals surface area contributed by atoms with Gasteiger partial charge in [-0.3, -0.25) is 0 Å². The Hall–Kier alpha value is -0.590. The molecule has 18 heavy (non-hydrogen) atoms. The van der Waals surface area contributed by atoms with Gasteiger partial charge in [-0.2, -0.15) is 5.26 Å². The fourth-order valence-electron chi connectivity index (χ4n) is 3.71. The first-order valence-electron chi connectivity index (χ1n) is 7.49. The molecule has 2 unspecified atom stereocenters. The van der Waals surface area contributed by atoms with Gasteiger partial charge < -0.3 is 10.2 Å². The molecule has 0 radical (unpaired) electrons. The highest BCUT2D eigenvalue weighted by atomic mass is 15.1. The summed E-state index contributed by atoms with van der Waals surface area (Å²) in [6.07, 6.45) is 10.2. The van der Waals surface area contributed by atoms with Crippen molar-refractivity contribution in [3.05, 3.63) is 0 Å². The van der Waals surface area contributed by atoms with Gasteiger partial charge in [-0.25, -0.2) is 0 Å². The largest absolute Gasteiger partial charge is 0.303 e. The van der Waals surface area contributed by atoms with Crippen LogP contribution in [0.5, 0.6) is 0 Å². The second-order valence-electron chi connectivity index (χ2n) is 6.28. The van der Waals surface area contributed by atoms with Crippen molar-refractivity contribution in [1.82, 2.24) is 10.2 Å². The fraction of sp³-hybridized carbons (Fsp3) is 0.933. The van der Waals surface area contributed by atoms with Crippen LogP contribution in [0.4, 0.5) is 0 Å². The number of nitriles is 1. The molecule has 0 spiro atoms. The molecule has 2 aliphatic rings. The van der Waals surface area contributed by atoms with Crippen molar-refractivity contribution in [3.8, 4) is 6.07 Å². The van der Waals surface area contributed by atoms with Gasteiger partial charge in [-0.1, -0.05) is 19.3 Å². The van der Waals surface area contributed by atoms with Gasteiger partial charge in [0.05, 0.1) is 6.07 Å². The Morgan fingerprint density at radius 3 is 2.56 bits per heavy atom. The lowest BCUT2D eigenvalue weighted by atomic mass is 9.88. The minimum Gasteiger partial charge on any atom is -0.303 e. The minimum absolute atomic E-state index is 0.258. The van der Waals surface area contributed by atoms with E-state index in [1.165, 1.54) is 38.6 Å². The SMILES string of the molecule is CNC1(C#N)CCC(N(C)CC2CCCCC2)C1. The molecule has 2 aliphatic carbocycles. The molecular weight excluding hydrogens is 222 g/mol. The van der Waals surface area contributed by atoms with Crippen molar-refractivity contribution in [2.75, 3.05) is 20.6 Å². The summed E-state index contributed by atoms with van der Waals surface area (Å²) in [6, 6.07) is 3.07. The topological polar surface area (TPSA) is 39.1 Å². The van der Waals surface area contributed by atoms with E-state index in [1.807, 2.05) is 7.05 Å². The van der Waals surface area contributed by atoms with Crippen LogP contribution in [0.2, 0.25) is 0 Å². The second-order valence-corrected chi connectivity index (χ2v) is 6.28. The van der Waals surface area contributed by atoms with Crippen LogP contribution in [0.25, 0.3) is 0 Å². The predicted molar refractivity (Wildman–Crippen MR) is 74.2 cm³/mol. The standard InChI is InChI=1S/C15H27N3/c1-17-15(12-16)9-8-14(10-15)18(2)11-13-6-4-3-5-7-13/h13-14,17H,3-11H2,1-2H3. The van der Waals surface area contributed by atoms with E-state index < -0.39 is 0 Å². The van der Waals surface area contributed by atoms with Gasteiger partial charge in [-0.05, 0) is 52.1 Å². The highest BCUT2D eigenvalue weighted by Crippen LogP contribution is 2.33. The Labute approximate surface area is 112 Å². The summed E-state index contributed by atoms with van der Waals surface area (Å²) in [5, 5.41) is 12.5. The van der Waals surface area contributed by atoms with Gasteiger partial charge in [0.1, 0.15) is 5.54 Å². The zero-order valence-electron chi connectivity index (χ0n) is 11.9. The third-order valence-corrected chi connectivity index (χ3v) is 5.08. The molecule has 2 rings (SSSR count). The number of rotatable bonds is 4. The maximum absolute atomic E-state index is 9.31. The van der Waals surface area contributed by atoms with Crippen LogP contribution < -0.4 is 5.32 Å². The fourth-order valence-corrected chi connectivity index (χ4v) is 3.71. The third kappa shape index (κ3) is 3.05. The van der Waals surface area contributed by atoms with E-state index >= 15 is 0 Å². The molecule has 102 valence electrons. The minimum atomic E-state index is -0.258. The predicted octanol–water partition coefficient (Wildman–Crippen LogP) is 2.53. The van der Waals surface area contributed by atoms with E-state index in [2.05, 4.69) is 23.3 Å². The van der Waals surface area contributed by atoms with Crippen LogP contribution in [0.3, 0.4) is 0 Å². The Morgan fingerprint density at radius 1 is 1.28 bits per heavy atom. The van der Waals surface area contributed by atoms with Crippen LogP contribution in [0.1, 0.15) is 51.4 Å². The molecular formula is C15H27N3. The smallest absolute Gasteiger partial charge is 0.108 e. The average Bonchev–Trinajstić information content (AvgIpc) is 2.85. The van der Waals surface area contributed by atoms with Gasteiger partial charge in [0.2, 0.25) is 0 Å². The van der Waals surface area contributed by atoms with E-state index in [-0.39, 0.29) is 5.54 Å². The second kappa shape index (κ2) is 6.04. The Kier molecular flexibility index (Phi) is 4.64. The van der Waals surface area contributed by atoms with Gasteiger partial charge >= 0.3 is 0 Å². The van der Waals surface area contributed by atoms with Crippen LogP contribution in [0.15, 0.2) is 0 Å². The van der Waals surface area contributed by atoms with E-state index in [9.17, 15) is 5.26 Å². The van der Waals surface area contributed by atoms with Crippen molar-refractivity contribution in [1.29, 1.82) is 5.26 Å². The summed E-state index contributed by atoms with van der Waals surface area (Å²) in [6.45, 7) is 1.23. The Bertz CT molecular complexity index is 303. The molecule has 3 nitrogen and oxygen atoms in total. The maximum Gasteiger partial charge on any atom is 0.108 e. The molecule has 3 heteroatoms. The Morgan fingerprint density at radius 2 is 2.00 bits per heavy atom. The van der Waals surface area contributed by atoms with Gasteiger partial charge in [0, 0.05) is 12.6 Å². The average molecular weight is 249 g/mol. The van der Waals surface area contributed by atoms with Crippen molar-refractivity contribution < 1.29 is 0 Å². The van der Waals surface area contributed by atoms with Crippen molar-refractivity contribution in [3.63, 3.8) is 0 Å². The number of nitrogens with one attached hydrogen (secondary N) is 1. The molecule has 0 aromatic carbocycles. The highest BCUT2D eigenvalue weighted by Gasteiger charge is 2.39. The molecule has 0 bridgehead atoms. The maximum atomic E-state index is 9.31. The zero-order chi connectivity index (χ0) is 13.0. The third-order valence-electron chi connectivity index (χ3n) is 5.08. The quantitative estimate of drug-likeness (QED) is 0.832. The first-order valence-corrected chi connectivity index (χ1v) is 7.49. The van der Waals surface area contributed by atoms with Crippen LogP contribution >= 0.6 is 0 Å². The zero-order valence-corrected chi connectivity index (χ0v) is 11.9. The van der Waals surface area contributed by atoms with Crippen LogP contribution in [0, 0.1) is 17.2 Å². The first kappa shape index (κ1) is 13.8. The van der Waals surface area contributed by atoms with E-state index in [0.717, 1.165) is 25.2 Å². The van der Waals surface area contributed by atoms with Crippen molar-refractivity contribution in [2.24, 2.45) is 5.92 Å². The van der Waals surface area contributed by atoms with Crippen molar-refractivity contribution in [2.45, 2.75) is 62.9 Å². The molecule has 0 aliphatic heterocycles. The lowest BCUT2D eigenvalue weighted by molar-refractivity contribution is 0.179. The Balaban J connectivity index is 1.83. The molecule has 0 amide bonds. The molecule has 0 aromatic rings. The molecule has 2 saturated carbocycles. The van der Waals surface area contributed by atoms with Crippen molar-refractivity contribution >= 4 is 0 Å². The summed E-state index contributed by atoms with van der Waals surface area (Å²) in [5.74, 6) is 0.899. The highest BCUT2D eigenvalue weighted by molar-refractivity contribution is 5.12. The number of nitrogens with zero attached hydrogens (tertiary/aromatic N) is 2. The van der Waals surface area contributed by atoms with E-state index in [4.69, 9.17) is 0 Å².